The van der Waals surface area contributed by atoms with E-state index in [0.29, 0.717) is 12.5 Å². The van der Waals surface area contributed by atoms with E-state index in [0.717, 1.165) is 35.5 Å². The maximum atomic E-state index is 5.71. The van der Waals surface area contributed by atoms with E-state index in [-0.39, 0.29) is 0 Å². The molecule has 0 aliphatic carbocycles. The zero-order valence-corrected chi connectivity index (χ0v) is 11.3. The number of hydrogen-bond acceptors (Lipinski definition) is 5. The third kappa shape index (κ3) is 3.06. The lowest BCUT2D eigenvalue weighted by atomic mass is 10.2. The second kappa shape index (κ2) is 6.24. The lowest BCUT2D eigenvalue weighted by Gasteiger charge is -2.10. The number of para-hydroxylation sites is 1. The van der Waals surface area contributed by atoms with Gasteiger partial charge in [-0.3, -0.25) is 0 Å². The number of nitrogens with two attached hydrogens (primary N) is 1. The van der Waals surface area contributed by atoms with Crippen molar-refractivity contribution < 1.29 is 0 Å². The van der Waals surface area contributed by atoms with Crippen molar-refractivity contribution in [1.82, 2.24) is 15.2 Å². The van der Waals surface area contributed by atoms with Gasteiger partial charge in [-0.2, -0.15) is 0 Å². The van der Waals surface area contributed by atoms with Crippen molar-refractivity contribution in [3.63, 3.8) is 0 Å². The molecule has 0 fully saturated rings. The molecule has 0 bridgehead atoms. The molecule has 0 unspecified atom stereocenters. The first-order valence-corrected chi connectivity index (χ1v) is 6.55. The highest BCUT2D eigenvalue weighted by molar-refractivity contribution is 5.58. The number of benzene rings is 1. The van der Waals surface area contributed by atoms with E-state index in [1.807, 2.05) is 24.3 Å². The topological polar surface area (TPSA) is 76.7 Å². The quantitative estimate of drug-likeness (QED) is 0.858. The first kappa shape index (κ1) is 13.4. The first-order valence-electron chi connectivity index (χ1n) is 6.55. The van der Waals surface area contributed by atoms with Gasteiger partial charge < -0.3 is 11.1 Å². The average molecular weight is 257 g/mol. The molecule has 1 heterocycles. The molecule has 5 nitrogen and oxygen atoms in total. The highest BCUT2D eigenvalue weighted by atomic mass is 15.2. The van der Waals surface area contributed by atoms with Gasteiger partial charge in [-0.05, 0) is 24.5 Å². The maximum absolute atomic E-state index is 5.71. The molecule has 0 atom stereocenters. The molecule has 1 aromatic carbocycles. The first-order chi connectivity index (χ1) is 9.28. The lowest BCUT2D eigenvalue weighted by molar-refractivity contribution is 0.828. The predicted molar refractivity (Wildman–Crippen MR) is 76.2 cm³/mol. The second-order valence-corrected chi connectivity index (χ2v) is 4.22. The molecule has 0 amide bonds. The van der Waals surface area contributed by atoms with Gasteiger partial charge in [0, 0.05) is 12.2 Å². The van der Waals surface area contributed by atoms with Crippen LogP contribution in [0.4, 0.5) is 11.6 Å². The van der Waals surface area contributed by atoms with E-state index < -0.39 is 0 Å². The number of aromatic nitrogens is 3. The van der Waals surface area contributed by atoms with E-state index >= 15 is 0 Å². The summed E-state index contributed by atoms with van der Waals surface area (Å²) in [7, 11) is 0. The second-order valence-electron chi connectivity index (χ2n) is 4.22. The largest absolute Gasteiger partial charge is 0.326 e. The van der Waals surface area contributed by atoms with Crippen LogP contribution in [-0.2, 0) is 19.4 Å². The van der Waals surface area contributed by atoms with Crippen LogP contribution in [0.5, 0.6) is 0 Å². The van der Waals surface area contributed by atoms with Gasteiger partial charge in [0.15, 0.2) is 0 Å². The Balaban J connectivity index is 2.28. The van der Waals surface area contributed by atoms with Gasteiger partial charge in [0.2, 0.25) is 5.95 Å². The number of hydrogen-bond donors (Lipinski definition) is 2. The van der Waals surface area contributed by atoms with E-state index in [9.17, 15) is 0 Å². The maximum Gasteiger partial charge on any atom is 0.247 e. The number of nitrogens with zero attached hydrogens (tertiary/aromatic N) is 3. The summed E-state index contributed by atoms with van der Waals surface area (Å²) in [5.74, 6) is 0.523. The number of aryl methyl sites for hydroxylation is 2. The van der Waals surface area contributed by atoms with Crippen molar-refractivity contribution in [2.75, 3.05) is 5.32 Å². The minimum absolute atomic E-state index is 0.476. The van der Waals surface area contributed by atoms with Crippen LogP contribution in [0.25, 0.3) is 0 Å². The summed E-state index contributed by atoms with van der Waals surface area (Å²) in [4.78, 5) is 4.51. The minimum atomic E-state index is 0.476. The summed E-state index contributed by atoms with van der Waals surface area (Å²) in [5, 5.41) is 11.5. The van der Waals surface area contributed by atoms with Crippen molar-refractivity contribution in [2.24, 2.45) is 5.73 Å². The molecule has 0 spiro atoms. The number of nitrogens with one attached hydrogen (secondary N) is 1. The number of anilines is 2. The molecule has 0 saturated carbocycles. The smallest absolute Gasteiger partial charge is 0.247 e. The summed E-state index contributed by atoms with van der Waals surface area (Å²) in [6.07, 6.45) is 1.70. The molecular formula is C14H19N5. The van der Waals surface area contributed by atoms with Gasteiger partial charge in [-0.1, -0.05) is 32.0 Å². The normalized spacial score (nSPS) is 10.5. The van der Waals surface area contributed by atoms with Crippen LogP contribution in [0, 0.1) is 0 Å². The molecule has 5 heteroatoms. The molecule has 19 heavy (non-hydrogen) atoms. The van der Waals surface area contributed by atoms with Crippen molar-refractivity contribution in [2.45, 2.75) is 33.2 Å². The monoisotopic (exact) mass is 257 g/mol. The molecule has 0 saturated heterocycles. The standard InChI is InChI=1S/C14H19N5/c1-3-11-12(4-2)18-19-14(16-11)17-13-8-6-5-7-10(13)9-15/h5-8H,3-4,9,15H2,1-2H3,(H,16,17,19). The van der Waals surface area contributed by atoms with Crippen LogP contribution in [0.2, 0.25) is 0 Å². The molecular weight excluding hydrogens is 238 g/mol. The fraction of sp³-hybridized carbons (Fsp3) is 0.357. The van der Waals surface area contributed by atoms with E-state index in [1.165, 1.54) is 0 Å². The van der Waals surface area contributed by atoms with Crippen LogP contribution < -0.4 is 11.1 Å². The SMILES string of the molecule is CCc1nnc(Nc2ccccc2CN)nc1CC. The predicted octanol–water partition coefficient (Wildman–Crippen LogP) is 2.20. The van der Waals surface area contributed by atoms with Gasteiger partial charge in [0.25, 0.3) is 0 Å². The fourth-order valence-electron chi connectivity index (χ4n) is 1.93. The summed E-state index contributed by atoms with van der Waals surface area (Å²) in [6, 6.07) is 7.86. The summed E-state index contributed by atoms with van der Waals surface area (Å²) in [6.45, 7) is 4.60. The van der Waals surface area contributed by atoms with Crippen LogP contribution in [0.3, 0.4) is 0 Å². The van der Waals surface area contributed by atoms with Gasteiger partial charge in [-0.25, -0.2) is 4.98 Å². The van der Waals surface area contributed by atoms with E-state index in [4.69, 9.17) is 5.73 Å². The average Bonchev–Trinajstić information content (AvgIpc) is 2.47. The van der Waals surface area contributed by atoms with Gasteiger partial charge in [0.05, 0.1) is 11.4 Å². The molecule has 3 N–H and O–H groups in total. The van der Waals surface area contributed by atoms with Crippen molar-refractivity contribution >= 4 is 11.6 Å². The van der Waals surface area contributed by atoms with Crippen LogP contribution in [0.1, 0.15) is 30.8 Å². The van der Waals surface area contributed by atoms with Crippen LogP contribution >= 0.6 is 0 Å². The zero-order chi connectivity index (χ0) is 13.7. The summed E-state index contributed by atoms with van der Waals surface area (Å²) >= 11 is 0. The lowest BCUT2D eigenvalue weighted by Crippen LogP contribution is -2.08. The Morgan fingerprint density at radius 1 is 1.05 bits per heavy atom. The highest BCUT2D eigenvalue weighted by Gasteiger charge is 2.07. The van der Waals surface area contributed by atoms with Crippen LogP contribution in [-0.4, -0.2) is 15.2 Å². The Hall–Kier alpha value is -2.01. The molecule has 2 rings (SSSR count). The highest BCUT2D eigenvalue weighted by Crippen LogP contribution is 2.18. The number of rotatable bonds is 5. The molecule has 0 aliphatic rings. The summed E-state index contributed by atoms with van der Waals surface area (Å²) < 4.78 is 0. The third-order valence-electron chi connectivity index (χ3n) is 2.99. The third-order valence-corrected chi connectivity index (χ3v) is 2.99. The fourth-order valence-corrected chi connectivity index (χ4v) is 1.93. The van der Waals surface area contributed by atoms with Crippen LogP contribution in [0.15, 0.2) is 24.3 Å². The van der Waals surface area contributed by atoms with E-state index in [2.05, 4.69) is 34.3 Å². The Labute approximate surface area is 113 Å². The molecule has 0 aliphatic heterocycles. The Kier molecular flexibility index (Phi) is 4.41. The molecule has 1 aromatic heterocycles. The van der Waals surface area contributed by atoms with Gasteiger partial charge in [0.1, 0.15) is 0 Å². The van der Waals surface area contributed by atoms with Gasteiger partial charge in [-0.15, -0.1) is 10.2 Å². The van der Waals surface area contributed by atoms with E-state index in [1.54, 1.807) is 0 Å². The molecule has 100 valence electrons. The van der Waals surface area contributed by atoms with Gasteiger partial charge >= 0.3 is 0 Å². The van der Waals surface area contributed by atoms with Crippen molar-refractivity contribution in [3.8, 4) is 0 Å². The Morgan fingerprint density at radius 2 is 1.79 bits per heavy atom. The van der Waals surface area contributed by atoms with Crippen molar-refractivity contribution in [3.05, 3.63) is 41.2 Å². The minimum Gasteiger partial charge on any atom is -0.326 e. The molecule has 0 radical (unpaired) electrons. The van der Waals surface area contributed by atoms with Crippen molar-refractivity contribution in [1.29, 1.82) is 0 Å². The Bertz CT molecular complexity index is 553. The Morgan fingerprint density at radius 3 is 2.47 bits per heavy atom. The molecule has 2 aromatic rings. The zero-order valence-electron chi connectivity index (χ0n) is 11.3. The summed E-state index contributed by atoms with van der Waals surface area (Å²) in [5.41, 5.74) is 9.62.